The molecule has 3 N–H and O–H groups in total. The van der Waals surface area contributed by atoms with Crippen LogP contribution < -0.4 is 16.0 Å². The highest BCUT2D eigenvalue weighted by Crippen LogP contribution is 2.38. The van der Waals surface area contributed by atoms with Crippen LogP contribution in [0.2, 0.25) is 0 Å². The Kier molecular flexibility index (Phi) is 5.91. The Morgan fingerprint density at radius 3 is 2.72 bits per heavy atom. The SMILES string of the molecule is Cc1ccc(C(=O)NC2NCC(C)S2)cc1C1CC2CNC(C)CC2N(C)C1=O. The van der Waals surface area contributed by atoms with Crippen LogP contribution in [0.25, 0.3) is 0 Å². The van der Waals surface area contributed by atoms with Gasteiger partial charge in [0.2, 0.25) is 5.91 Å². The van der Waals surface area contributed by atoms with E-state index in [0.717, 1.165) is 37.1 Å². The number of hydrogen-bond acceptors (Lipinski definition) is 5. The molecule has 4 rings (SSSR count). The second-order valence-electron chi connectivity index (χ2n) is 8.89. The second-order valence-corrected chi connectivity index (χ2v) is 10.4. The van der Waals surface area contributed by atoms with Crippen molar-refractivity contribution in [3.05, 3.63) is 34.9 Å². The highest BCUT2D eigenvalue weighted by Gasteiger charge is 2.43. The molecule has 29 heavy (non-hydrogen) atoms. The lowest BCUT2D eigenvalue weighted by Crippen LogP contribution is -2.57. The number of hydrogen-bond donors (Lipinski definition) is 3. The largest absolute Gasteiger partial charge is 0.342 e. The van der Waals surface area contributed by atoms with Gasteiger partial charge in [-0.15, -0.1) is 11.8 Å². The molecule has 0 aliphatic carbocycles. The molecule has 7 heteroatoms. The summed E-state index contributed by atoms with van der Waals surface area (Å²) in [6.07, 6.45) is 1.85. The summed E-state index contributed by atoms with van der Waals surface area (Å²) >= 11 is 1.73. The van der Waals surface area contributed by atoms with Gasteiger partial charge < -0.3 is 15.5 Å². The molecule has 3 fully saturated rings. The van der Waals surface area contributed by atoms with Gasteiger partial charge >= 0.3 is 0 Å². The number of carbonyl (C=O) groups is 2. The van der Waals surface area contributed by atoms with Crippen LogP contribution in [-0.2, 0) is 4.79 Å². The molecule has 158 valence electrons. The number of nitrogens with one attached hydrogen (secondary N) is 3. The Morgan fingerprint density at radius 1 is 1.21 bits per heavy atom. The van der Waals surface area contributed by atoms with Crippen LogP contribution in [0.1, 0.15) is 54.1 Å². The molecule has 2 amide bonds. The molecule has 1 aromatic carbocycles. The number of aryl methyl sites for hydroxylation is 1. The van der Waals surface area contributed by atoms with Crippen LogP contribution in [0.15, 0.2) is 18.2 Å². The van der Waals surface area contributed by atoms with Crippen molar-refractivity contribution < 1.29 is 9.59 Å². The van der Waals surface area contributed by atoms with Crippen molar-refractivity contribution in [3.8, 4) is 0 Å². The predicted molar refractivity (Wildman–Crippen MR) is 117 cm³/mol. The van der Waals surface area contributed by atoms with E-state index in [0.29, 0.717) is 28.8 Å². The summed E-state index contributed by atoms with van der Waals surface area (Å²) in [4.78, 5) is 28.0. The van der Waals surface area contributed by atoms with Crippen LogP contribution >= 0.6 is 11.8 Å². The first-order valence-electron chi connectivity index (χ1n) is 10.6. The third kappa shape index (κ3) is 4.18. The van der Waals surface area contributed by atoms with Crippen molar-refractivity contribution in [1.29, 1.82) is 0 Å². The van der Waals surface area contributed by atoms with E-state index in [-0.39, 0.29) is 23.2 Å². The van der Waals surface area contributed by atoms with Crippen LogP contribution in [0.5, 0.6) is 0 Å². The Balaban J connectivity index is 1.54. The lowest BCUT2D eigenvalue weighted by molar-refractivity contribution is -0.140. The maximum absolute atomic E-state index is 13.2. The molecular weight excluding hydrogens is 384 g/mol. The zero-order valence-corrected chi connectivity index (χ0v) is 18.5. The van der Waals surface area contributed by atoms with Gasteiger partial charge in [0.15, 0.2) is 0 Å². The first-order valence-corrected chi connectivity index (χ1v) is 11.6. The topological polar surface area (TPSA) is 73.5 Å². The minimum absolute atomic E-state index is 0.0549. The van der Waals surface area contributed by atoms with Gasteiger partial charge in [0.05, 0.1) is 5.92 Å². The van der Waals surface area contributed by atoms with Crippen molar-refractivity contribution in [2.24, 2.45) is 5.92 Å². The summed E-state index contributed by atoms with van der Waals surface area (Å²) < 4.78 is 0. The number of carbonyl (C=O) groups excluding carboxylic acids is 2. The van der Waals surface area contributed by atoms with Crippen LogP contribution in [-0.4, -0.2) is 59.7 Å². The Labute approximate surface area is 177 Å². The quantitative estimate of drug-likeness (QED) is 0.703. The number of rotatable bonds is 3. The highest BCUT2D eigenvalue weighted by atomic mass is 32.2. The Morgan fingerprint density at radius 2 is 2.00 bits per heavy atom. The monoisotopic (exact) mass is 416 g/mol. The van der Waals surface area contributed by atoms with Crippen molar-refractivity contribution >= 4 is 23.6 Å². The minimum atomic E-state index is -0.178. The smallest absolute Gasteiger partial charge is 0.253 e. The molecule has 0 radical (unpaired) electrons. The molecule has 1 aromatic rings. The fourth-order valence-corrected chi connectivity index (χ4v) is 5.98. The molecule has 0 bridgehead atoms. The molecule has 3 heterocycles. The average Bonchev–Trinajstić information content (AvgIpc) is 3.10. The maximum atomic E-state index is 13.2. The van der Waals surface area contributed by atoms with Crippen molar-refractivity contribution in [2.75, 3.05) is 20.1 Å². The van der Waals surface area contributed by atoms with E-state index in [9.17, 15) is 9.59 Å². The number of thioether (sulfide) groups is 1. The molecule has 3 aliphatic heterocycles. The summed E-state index contributed by atoms with van der Waals surface area (Å²) in [7, 11) is 1.94. The summed E-state index contributed by atoms with van der Waals surface area (Å²) in [6.45, 7) is 8.21. The number of fused-ring (bicyclic) bond motifs is 1. The van der Waals surface area contributed by atoms with Crippen molar-refractivity contribution in [3.63, 3.8) is 0 Å². The molecular formula is C22H32N4O2S. The number of amides is 2. The summed E-state index contributed by atoms with van der Waals surface area (Å²) in [5.41, 5.74) is 2.64. The van der Waals surface area contributed by atoms with E-state index in [1.807, 2.05) is 37.1 Å². The Bertz CT molecular complexity index is 801. The lowest BCUT2D eigenvalue weighted by Gasteiger charge is -2.47. The Hall–Kier alpha value is -1.57. The zero-order valence-electron chi connectivity index (χ0n) is 17.7. The lowest BCUT2D eigenvalue weighted by atomic mass is 9.75. The first-order chi connectivity index (χ1) is 13.8. The predicted octanol–water partition coefficient (Wildman–Crippen LogP) is 2.05. The molecule has 3 saturated heterocycles. The van der Waals surface area contributed by atoms with Crippen LogP contribution in [0, 0.1) is 12.8 Å². The van der Waals surface area contributed by atoms with Crippen molar-refractivity contribution in [1.82, 2.24) is 20.9 Å². The highest BCUT2D eigenvalue weighted by molar-refractivity contribution is 8.00. The molecule has 0 aromatic heterocycles. The third-order valence-electron chi connectivity index (χ3n) is 6.69. The van der Waals surface area contributed by atoms with E-state index in [1.165, 1.54) is 0 Å². The van der Waals surface area contributed by atoms with E-state index in [1.54, 1.807) is 11.8 Å². The van der Waals surface area contributed by atoms with Gasteiger partial charge in [0, 0.05) is 43.0 Å². The van der Waals surface area contributed by atoms with Gasteiger partial charge in [-0.25, -0.2) is 0 Å². The fourth-order valence-electron chi connectivity index (χ4n) is 4.96. The number of nitrogens with zero attached hydrogens (tertiary/aromatic N) is 1. The molecule has 6 atom stereocenters. The van der Waals surface area contributed by atoms with E-state index in [4.69, 9.17) is 0 Å². The van der Waals surface area contributed by atoms with Crippen LogP contribution in [0.3, 0.4) is 0 Å². The van der Waals surface area contributed by atoms with Gasteiger partial charge in [-0.1, -0.05) is 13.0 Å². The number of likely N-dealkylation sites (tertiary alicyclic amines) is 1. The zero-order chi connectivity index (χ0) is 20.7. The maximum Gasteiger partial charge on any atom is 0.253 e. The van der Waals surface area contributed by atoms with Gasteiger partial charge in [0.1, 0.15) is 5.50 Å². The number of benzene rings is 1. The van der Waals surface area contributed by atoms with Gasteiger partial charge in [-0.2, -0.15) is 0 Å². The number of piperidine rings is 2. The summed E-state index contributed by atoms with van der Waals surface area (Å²) in [5, 5.41) is 10.4. The molecule has 6 unspecified atom stereocenters. The van der Waals surface area contributed by atoms with Gasteiger partial charge in [-0.3, -0.25) is 14.9 Å². The van der Waals surface area contributed by atoms with Crippen molar-refractivity contribution in [2.45, 2.75) is 62.4 Å². The number of likely N-dealkylation sites (N-methyl/N-ethyl adjacent to an activating group) is 1. The van der Waals surface area contributed by atoms with E-state index in [2.05, 4.69) is 29.8 Å². The van der Waals surface area contributed by atoms with Gasteiger partial charge in [-0.05, 0) is 55.9 Å². The molecule has 6 nitrogen and oxygen atoms in total. The van der Waals surface area contributed by atoms with Crippen LogP contribution in [0.4, 0.5) is 0 Å². The standard InChI is InChI=1S/C22H32N4O2S/c1-12-5-6-15(20(27)25-22-24-10-14(3)29-22)8-17(12)18-9-16-11-23-13(2)7-19(16)26(4)21(18)28/h5-6,8,13-14,16,18-19,22-24H,7,9-11H2,1-4H3,(H,25,27). The van der Waals surface area contributed by atoms with E-state index >= 15 is 0 Å². The second kappa shape index (κ2) is 8.28. The summed E-state index contributed by atoms with van der Waals surface area (Å²) in [6, 6.07) is 6.53. The third-order valence-corrected chi connectivity index (χ3v) is 7.88. The average molecular weight is 417 g/mol. The first kappa shape index (κ1) is 20.7. The molecule has 0 saturated carbocycles. The fraction of sp³-hybridized carbons (Fsp3) is 0.636. The van der Waals surface area contributed by atoms with E-state index < -0.39 is 0 Å². The normalized spacial score (nSPS) is 34.8. The molecule has 3 aliphatic rings. The minimum Gasteiger partial charge on any atom is -0.342 e. The molecule has 0 spiro atoms. The van der Waals surface area contributed by atoms with Gasteiger partial charge in [0.25, 0.3) is 5.91 Å². The summed E-state index contributed by atoms with van der Waals surface area (Å²) in [5.74, 6) is 0.371.